The molecule has 0 aliphatic heterocycles. The Kier molecular flexibility index (Phi) is 11.5. The molecule has 16 heteroatoms. The molecule has 0 saturated heterocycles. The first-order valence-electron chi connectivity index (χ1n) is 16.1. The molecule has 0 atom stereocenters. The van der Waals surface area contributed by atoms with Crippen molar-refractivity contribution in [2.24, 2.45) is 10.8 Å². The molecule has 0 heterocycles. The van der Waals surface area contributed by atoms with E-state index in [1.165, 1.54) is 48.5 Å². The molecule has 12 nitrogen and oxygen atoms in total. The Balaban J connectivity index is 1.54. The molecule has 0 N–H and O–H groups in total. The summed E-state index contributed by atoms with van der Waals surface area (Å²) in [4.78, 5) is -0.712. The lowest BCUT2D eigenvalue weighted by atomic mass is 9.50. The van der Waals surface area contributed by atoms with Crippen LogP contribution in [0.15, 0.2) is 117 Å². The predicted molar refractivity (Wildman–Crippen MR) is 191 cm³/mol. The maximum absolute atomic E-state index is 13.4. The molecule has 0 spiro atoms. The van der Waals surface area contributed by atoms with Gasteiger partial charge in [0, 0.05) is 10.8 Å². The van der Waals surface area contributed by atoms with E-state index in [9.17, 15) is 33.7 Å². The molecule has 1 saturated carbocycles. The van der Waals surface area contributed by atoms with E-state index in [1.807, 2.05) is 0 Å². The van der Waals surface area contributed by atoms with Crippen molar-refractivity contribution in [2.75, 3.05) is 26.4 Å². The van der Waals surface area contributed by atoms with Crippen molar-refractivity contribution in [3.05, 3.63) is 119 Å². The zero-order valence-corrected chi connectivity index (χ0v) is 32.3. The van der Waals surface area contributed by atoms with E-state index in [0.717, 1.165) is 22.3 Å². The Morgan fingerprint density at radius 3 is 0.692 bits per heavy atom. The third-order valence-corrected chi connectivity index (χ3v) is 14.5. The summed E-state index contributed by atoms with van der Waals surface area (Å²) in [5.74, 6) is 0. The molecule has 280 valence electrons. The molecule has 4 aromatic rings. The van der Waals surface area contributed by atoms with Gasteiger partial charge in [-0.25, -0.2) is 0 Å². The lowest BCUT2D eigenvalue weighted by Crippen LogP contribution is -2.62. The minimum absolute atomic E-state index is 0.0295. The minimum Gasteiger partial charge on any atom is -0.266 e. The first-order valence-corrected chi connectivity index (χ1v) is 21.8. The van der Waals surface area contributed by atoms with Crippen molar-refractivity contribution in [2.45, 2.75) is 60.1 Å². The van der Waals surface area contributed by atoms with Crippen LogP contribution in [0.2, 0.25) is 0 Å². The highest BCUT2D eigenvalue weighted by atomic mass is 32.2. The fraction of sp³-hybridized carbons (Fsp3) is 0.333. The summed E-state index contributed by atoms with van der Waals surface area (Å²) >= 11 is 0. The lowest BCUT2D eigenvalue weighted by Gasteiger charge is -2.57. The monoisotopic (exact) mass is 792 g/mol. The van der Waals surface area contributed by atoms with Crippen LogP contribution in [0.5, 0.6) is 0 Å². The molecule has 4 aromatic carbocycles. The zero-order valence-electron chi connectivity index (χ0n) is 29.0. The molecule has 0 bridgehead atoms. The summed E-state index contributed by atoms with van der Waals surface area (Å²) in [6.45, 7) is 4.18. The van der Waals surface area contributed by atoms with E-state index in [4.69, 9.17) is 16.7 Å². The number of aryl methyl sites for hydroxylation is 4. The summed E-state index contributed by atoms with van der Waals surface area (Å²) in [5, 5.41) is 0. The van der Waals surface area contributed by atoms with Crippen molar-refractivity contribution < 1.29 is 50.4 Å². The molecule has 52 heavy (non-hydrogen) atoms. The van der Waals surface area contributed by atoms with Gasteiger partial charge >= 0.3 is 0 Å². The fourth-order valence-corrected chi connectivity index (χ4v) is 9.61. The molecule has 0 amide bonds. The molecule has 5 rings (SSSR count). The molecule has 1 fully saturated rings. The van der Waals surface area contributed by atoms with Crippen LogP contribution >= 0.6 is 0 Å². The van der Waals surface area contributed by atoms with Gasteiger partial charge in [-0.05, 0) is 89.1 Å². The summed E-state index contributed by atoms with van der Waals surface area (Å²) in [7, 11) is -17.8. The molecule has 1 aliphatic carbocycles. The maximum Gasteiger partial charge on any atom is 0.296 e. The van der Waals surface area contributed by atoms with Gasteiger partial charge in [0.25, 0.3) is 40.5 Å². The first kappa shape index (κ1) is 39.7. The predicted octanol–water partition coefficient (Wildman–Crippen LogP) is 5.61. The van der Waals surface area contributed by atoms with E-state index in [2.05, 4.69) is 0 Å². The van der Waals surface area contributed by atoms with Gasteiger partial charge in [0.2, 0.25) is 0 Å². The summed E-state index contributed by atoms with van der Waals surface area (Å²) in [5.41, 5.74) is -0.143. The Hall–Kier alpha value is -3.48. The summed E-state index contributed by atoms with van der Waals surface area (Å²) < 4.78 is 130. The zero-order chi connectivity index (χ0) is 38.0. The molecular weight excluding hydrogens is 753 g/mol. The van der Waals surface area contributed by atoms with Crippen molar-refractivity contribution in [3.8, 4) is 0 Å². The van der Waals surface area contributed by atoms with Gasteiger partial charge in [-0.1, -0.05) is 70.8 Å². The summed E-state index contributed by atoms with van der Waals surface area (Å²) in [6, 6.07) is 23.4. The van der Waals surface area contributed by atoms with Crippen molar-refractivity contribution in [1.29, 1.82) is 0 Å². The summed E-state index contributed by atoms with van der Waals surface area (Å²) in [6.07, 6.45) is 0.0590. The number of hydrogen-bond donors (Lipinski definition) is 0. The molecule has 0 aromatic heterocycles. The maximum atomic E-state index is 13.4. The second-order valence-electron chi connectivity index (χ2n) is 13.2. The van der Waals surface area contributed by atoms with Gasteiger partial charge in [0.05, 0.1) is 46.0 Å². The van der Waals surface area contributed by atoms with E-state index in [1.54, 1.807) is 76.2 Å². The normalized spacial score (nSPS) is 15.9. The van der Waals surface area contributed by atoms with Gasteiger partial charge in [0.1, 0.15) is 0 Å². The average Bonchev–Trinajstić information content (AvgIpc) is 3.08. The van der Waals surface area contributed by atoms with E-state index in [-0.39, 0.29) is 32.4 Å². The second-order valence-corrected chi connectivity index (χ2v) is 19.6. The third-order valence-electron chi connectivity index (χ3n) is 9.41. The Morgan fingerprint density at radius 1 is 0.365 bits per heavy atom. The van der Waals surface area contributed by atoms with Gasteiger partial charge in [0.15, 0.2) is 0 Å². The van der Waals surface area contributed by atoms with Gasteiger partial charge in [-0.3, -0.25) is 16.7 Å². The Labute approximate surface area is 306 Å². The van der Waals surface area contributed by atoms with Crippen LogP contribution in [0, 0.1) is 38.5 Å². The topological polar surface area (TPSA) is 173 Å². The average molecular weight is 793 g/mol. The van der Waals surface area contributed by atoms with Gasteiger partial charge in [-0.15, -0.1) is 0 Å². The van der Waals surface area contributed by atoms with E-state index < -0.39 is 77.7 Å². The van der Waals surface area contributed by atoms with Gasteiger partial charge < -0.3 is 0 Å². The van der Waals surface area contributed by atoms with Crippen LogP contribution in [0.1, 0.15) is 35.1 Å². The molecule has 0 radical (unpaired) electrons. The van der Waals surface area contributed by atoms with E-state index in [0.29, 0.717) is 0 Å². The second kappa shape index (κ2) is 15.1. The fourth-order valence-electron chi connectivity index (χ4n) is 5.67. The van der Waals surface area contributed by atoms with Crippen molar-refractivity contribution >= 4 is 40.5 Å². The molecule has 1 aliphatic rings. The highest BCUT2D eigenvalue weighted by Gasteiger charge is 2.62. The quantitative estimate of drug-likeness (QED) is 0.129. The first-order chi connectivity index (χ1) is 24.3. The van der Waals surface area contributed by atoms with E-state index >= 15 is 0 Å². The standard InChI is InChI=1S/C36H40O12S4/c1-27-5-13-31(14-6-27)49(37,38)45-23-35(24-46-50(39,40)32-15-7-28(2)8-16-32)21-22-36(35,25-47-51(41,42)33-17-9-29(3)10-18-33)26-48-52(43,44)34-19-11-30(4)12-20-34/h5-20H,21-26H2,1-4H3. The highest BCUT2D eigenvalue weighted by molar-refractivity contribution is 7.87. The Bertz CT molecular complexity index is 1990. The van der Waals surface area contributed by atoms with Crippen molar-refractivity contribution in [3.63, 3.8) is 0 Å². The highest BCUT2D eigenvalue weighted by Crippen LogP contribution is 2.59. The number of hydrogen-bond acceptors (Lipinski definition) is 12. The van der Waals surface area contributed by atoms with Crippen LogP contribution in [0.4, 0.5) is 0 Å². The van der Waals surface area contributed by atoms with Crippen LogP contribution in [0.3, 0.4) is 0 Å². The van der Waals surface area contributed by atoms with Crippen molar-refractivity contribution in [1.82, 2.24) is 0 Å². The van der Waals surface area contributed by atoms with Crippen LogP contribution in [-0.4, -0.2) is 60.1 Å². The molecule has 0 unspecified atom stereocenters. The SMILES string of the molecule is Cc1ccc(S(=O)(=O)OCC2(COS(=O)(=O)c3ccc(C)cc3)CCC2(COS(=O)(=O)c2ccc(C)cc2)COS(=O)(=O)c2ccc(C)cc2)cc1. The Morgan fingerprint density at radius 2 is 0.538 bits per heavy atom. The lowest BCUT2D eigenvalue weighted by molar-refractivity contribution is -0.165. The smallest absolute Gasteiger partial charge is 0.266 e. The third kappa shape index (κ3) is 8.82. The van der Waals surface area contributed by atoms with Crippen LogP contribution < -0.4 is 0 Å². The largest absolute Gasteiger partial charge is 0.296 e. The number of benzene rings is 4. The molecular formula is C36H40O12S4. The van der Waals surface area contributed by atoms with Crippen LogP contribution in [-0.2, 0) is 57.2 Å². The van der Waals surface area contributed by atoms with Crippen LogP contribution in [0.25, 0.3) is 0 Å². The minimum atomic E-state index is -4.45. The number of rotatable bonds is 16. The van der Waals surface area contributed by atoms with Gasteiger partial charge in [-0.2, -0.15) is 33.7 Å².